The van der Waals surface area contributed by atoms with Crippen LogP contribution in [-0.4, -0.2) is 9.13 Å². The van der Waals surface area contributed by atoms with Crippen molar-refractivity contribution in [1.29, 1.82) is 0 Å². The minimum Gasteiger partial charge on any atom is -0.344 e. The largest absolute Gasteiger partial charge is 0.344 e. The van der Waals surface area contributed by atoms with Crippen LogP contribution in [0.5, 0.6) is 0 Å². The fourth-order valence-electron chi connectivity index (χ4n) is 4.88. The lowest BCUT2D eigenvalue weighted by Gasteiger charge is -2.05. The van der Waals surface area contributed by atoms with Gasteiger partial charge >= 0.3 is 0 Å². The zero-order valence-electron chi connectivity index (χ0n) is 16.7. The van der Waals surface area contributed by atoms with Crippen LogP contribution in [0.15, 0.2) is 84.9 Å². The molecule has 2 aromatic heterocycles. The molecule has 0 N–H and O–H groups in total. The Morgan fingerprint density at radius 2 is 1.00 bits per heavy atom. The number of hydrogen-bond donors (Lipinski definition) is 0. The van der Waals surface area contributed by atoms with Crippen molar-refractivity contribution in [3.63, 3.8) is 0 Å². The number of fused-ring (bicyclic) bond motifs is 6. The molecule has 6 rings (SSSR count). The molecule has 0 spiro atoms. The van der Waals surface area contributed by atoms with Gasteiger partial charge in [0, 0.05) is 57.7 Å². The van der Waals surface area contributed by atoms with Gasteiger partial charge in [0.05, 0.1) is 0 Å². The van der Waals surface area contributed by atoms with E-state index in [1.165, 1.54) is 54.7 Å². The summed E-state index contributed by atoms with van der Waals surface area (Å²) in [5.41, 5.74) is 7.87. The predicted molar refractivity (Wildman–Crippen MR) is 124 cm³/mol. The number of aromatic nitrogens is 2. The van der Waals surface area contributed by atoms with Gasteiger partial charge < -0.3 is 9.13 Å². The average Bonchev–Trinajstić information content (AvgIpc) is 3.21. The van der Waals surface area contributed by atoms with Crippen molar-refractivity contribution in [2.75, 3.05) is 0 Å². The number of rotatable bonds is 2. The summed E-state index contributed by atoms with van der Waals surface area (Å²) in [4.78, 5) is 0. The second kappa shape index (κ2) is 5.99. The summed E-state index contributed by atoms with van der Waals surface area (Å²) in [7, 11) is 4.31. The Balaban J connectivity index is 1.47. The molecule has 4 aromatic carbocycles. The summed E-state index contributed by atoms with van der Waals surface area (Å²) in [6.45, 7) is 0. The Bertz CT molecular complexity index is 1550. The maximum Gasteiger partial charge on any atom is 0.0491 e. The van der Waals surface area contributed by atoms with E-state index < -0.39 is 0 Å². The van der Waals surface area contributed by atoms with E-state index >= 15 is 0 Å². The van der Waals surface area contributed by atoms with Crippen molar-refractivity contribution in [3.05, 3.63) is 96.1 Å². The van der Waals surface area contributed by atoms with Crippen molar-refractivity contribution >= 4 is 43.6 Å². The van der Waals surface area contributed by atoms with Crippen LogP contribution in [0.1, 0.15) is 11.1 Å². The lowest BCUT2D eigenvalue weighted by Crippen LogP contribution is -1.91. The molecule has 0 aliphatic rings. The number of nitrogens with zero attached hydrogens (tertiary/aromatic N) is 2. The molecule has 0 fully saturated rings. The molecule has 0 radical (unpaired) electrons. The van der Waals surface area contributed by atoms with E-state index in [4.69, 9.17) is 0 Å². The van der Waals surface area contributed by atoms with E-state index in [-0.39, 0.29) is 0 Å². The monoisotopic (exact) mass is 374 g/mol. The van der Waals surface area contributed by atoms with Crippen molar-refractivity contribution in [3.8, 4) is 0 Å². The predicted octanol–water partition coefficient (Wildman–Crippen LogP) is 6.57. The second-order valence-corrected chi connectivity index (χ2v) is 8.03. The Labute approximate surface area is 169 Å². The van der Waals surface area contributed by atoms with Crippen LogP contribution in [0.4, 0.5) is 0 Å². The van der Waals surface area contributed by atoms with Gasteiger partial charge in [-0.1, -0.05) is 54.6 Å². The molecule has 0 atom stereocenters. The first-order valence-corrected chi connectivity index (χ1v) is 10.1. The summed E-state index contributed by atoms with van der Waals surface area (Å²) < 4.78 is 4.60. The van der Waals surface area contributed by atoms with Gasteiger partial charge in [0.2, 0.25) is 0 Å². The molecule has 29 heavy (non-hydrogen) atoms. The Hall–Kier alpha value is -3.52. The minimum atomic E-state index is 0.941. The van der Waals surface area contributed by atoms with Crippen LogP contribution in [0.3, 0.4) is 0 Å². The zero-order chi connectivity index (χ0) is 19.5. The van der Waals surface area contributed by atoms with Gasteiger partial charge in [0.15, 0.2) is 0 Å². The highest BCUT2D eigenvalue weighted by Gasteiger charge is 2.10. The van der Waals surface area contributed by atoms with E-state index in [2.05, 4.69) is 108 Å². The van der Waals surface area contributed by atoms with Crippen molar-refractivity contribution < 1.29 is 0 Å². The number of para-hydroxylation sites is 2. The van der Waals surface area contributed by atoms with Crippen LogP contribution < -0.4 is 0 Å². The molecular formula is C27H22N2. The Morgan fingerprint density at radius 3 is 1.76 bits per heavy atom. The van der Waals surface area contributed by atoms with Gasteiger partial charge in [-0.05, 0) is 47.9 Å². The van der Waals surface area contributed by atoms with Crippen molar-refractivity contribution in [2.24, 2.45) is 14.1 Å². The highest BCUT2D eigenvalue weighted by atomic mass is 14.9. The maximum atomic E-state index is 2.36. The first-order chi connectivity index (χ1) is 14.2. The van der Waals surface area contributed by atoms with Gasteiger partial charge in [-0.2, -0.15) is 0 Å². The molecule has 0 unspecified atom stereocenters. The molecule has 6 aromatic rings. The molecule has 2 nitrogen and oxygen atoms in total. The minimum absolute atomic E-state index is 0.941. The van der Waals surface area contributed by atoms with Crippen molar-refractivity contribution in [2.45, 2.75) is 6.42 Å². The third kappa shape index (κ3) is 2.35. The smallest absolute Gasteiger partial charge is 0.0491 e. The van der Waals surface area contributed by atoms with Crippen LogP contribution in [0.25, 0.3) is 43.6 Å². The van der Waals surface area contributed by atoms with E-state index in [0.717, 1.165) is 6.42 Å². The van der Waals surface area contributed by atoms with E-state index in [1.54, 1.807) is 0 Å². The molecule has 2 heteroatoms. The fraction of sp³-hybridized carbons (Fsp3) is 0.111. The topological polar surface area (TPSA) is 9.86 Å². The van der Waals surface area contributed by atoms with Gasteiger partial charge in [-0.25, -0.2) is 0 Å². The lowest BCUT2D eigenvalue weighted by molar-refractivity contribution is 1.01. The molecule has 0 bridgehead atoms. The van der Waals surface area contributed by atoms with Gasteiger partial charge in [0.25, 0.3) is 0 Å². The van der Waals surface area contributed by atoms with Gasteiger partial charge in [0.1, 0.15) is 0 Å². The molecule has 2 heterocycles. The zero-order valence-corrected chi connectivity index (χ0v) is 16.7. The van der Waals surface area contributed by atoms with Crippen LogP contribution in [-0.2, 0) is 20.5 Å². The van der Waals surface area contributed by atoms with Crippen LogP contribution >= 0.6 is 0 Å². The number of hydrogen-bond acceptors (Lipinski definition) is 0. The first kappa shape index (κ1) is 16.4. The third-order valence-electron chi connectivity index (χ3n) is 6.37. The van der Waals surface area contributed by atoms with Crippen molar-refractivity contribution in [1.82, 2.24) is 9.13 Å². The fourth-order valence-corrected chi connectivity index (χ4v) is 4.88. The Kier molecular flexibility index (Phi) is 3.39. The molecule has 0 saturated heterocycles. The quantitative estimate of drug-likeness (QED) is 0.324. The Morgan fingerprint density at radius 1 is 0.483 bits per heavy atom. The molecule has 0 saturated carbocycles. The SMILES string of the molecule is Cn1c2ccccc2c2cc(Cc3ccc4c5ccccc5n(C)c4c3)ccc21. The summed E-state index contributed by atoms with van der Waals surface area (Å²) >= 11 is 0. The lowest BCUT2D eigenvalue weighted by atomic mass is 10.0. The summed E-state index contributed by atoms with van der Waals surface area (Å²) in [5.74, 6) is 0. The second-order valence-electron chi connectivity index (χ2n) is 8.03. The van der Waals surface area contributed by atoms with E-state index in [0.29, 0.717) is 0 Å². The van der Waals surface area contributed by atoms with Gasteiger partial charge in [-0.3, -0.25) is 0 Å². The third-order valence-corrected chi connectivity index (χ3v) is 6.37. The standard InChI is InChI=1S/C27H22N2/c1-28-25-10-6-4-8-21(25)23-16-18(12-14-26(23)28)15-19-11-13-22-20-7-3-5-9-24(20)29(2)27(22)17-19/h3-14,16-17H,15H2,1-2H3. The summed E-state index contributed by atoms with van der Waals surface area (Å²) in [6, 6.07) is 31.1. The number of aryl methyl sites for hydroxylation is 2. The first-order valence-electron chi connectivity index (χ1n) is 10.1. The highest BCUT2D eigenvalue weighted by molar-refractivity contribution is 6.09. The van der Waals surface area contributed by atoms with E-state index in [1.807, 2.05) is 0 Å². The van der Waals surface area contributed by atoms with Gasteiger partial charge in [-0.15, -0.1) is 0 Å². The van der Waals surface area contributed by atoms with Crippen LogP contribution in [0, 0.1) is 0 Å². The van der Waals surface area contributed by atoms with Crippen LogP contribution in [0.2, 0.25) is 0 Å². The highest BCUT2D eigenvalue weighted by Crippen LogP contribution is 2.31. The normalized spacial score (nSPS) is 11.9. The molecule has 0 aliphatic carbocycles. The molecule has 140 valence electrons. The maximum absolute atomic E-state index is 2.36. The average molecular weight is 374 g/mol. The molecule has 0 amide bonds. The van der Waals surface area contributed by atoms with E-state index in [9.17, 15) is 0 Å². The summed E-state index contributed by atoms with van der Waals surface area (Å²) in [6.07, 6.45) is 0.941. The molecule has 0 aliphatic heterocycles. The number of benzene rings is 4. The summed E-state index contributed by atoms with van der Waals surface area (Å²) in [5, 5.41) is 5.33. The molecular weight excluding hydrogens is 352 g/mol.